The van der Waals surface area contributed by atoms with E-state index in [4.69, 9.17) is 4.74 Å². The molecule has 1 aliphatic carbocycles. The molecule has 1 aromatic rings. The van der Waals surface area contributed by atoms with Gasteiger partial charge in [-0.25, -0.2) is 0 Å². The van der Waals surface area contributed by atoms with Crippen LogP contribution in [0.15, 0.2) is 29.1 Å². The summed E-state index contributed by atoms with van der Waals surface area (Å²) in [6.07, 6.45) is 0.973. The Morgan fingerprint density at radius 1 is 1.27 bits per heavy atom. The lowest BCUT2D eigenvalue weighted by atomic mass is 9.74. The Morgan fingerprint density at radius 2 is 2.03 bits per heavy atom. The van der Waals surface area contributed by atoms with Crippen LogP contribution >= 0.6 is 0 Å². The number of pyridine rings is 1. The molecule has 4 rings (SSSR count). The van der Waals surface area contributed by atoms with Crippen LogP contribution in [0.3, 0.4) is 0 Å². The summed E-state index contributed by atoms with van der Waals surface area (Å²) in [7, 11) is 0. The topological polar surface area (TPSA) is 63.6 Å². The first-order chi connectivity index (χ1) is 15.5. The summed E-state index contributed by atoms with van der Waals surface area (Å²) in [6.45, 7) is 8.09. The number of hydrogen-bond acceptors (Lipinski definition) is 4. The molecule has 0 saturated carbocycles. The summed E-state index contributed by atoms with van der Waals surface area (Å²) in [5.41, 5.74) is -2.15. The van der Waals surface area contributed by atoms with Crippen molar-refractivity contribution in [3.05, 3.63) is 45.9 Å². The van der Waals surface area contributed by atoms with E-state index >= 15 is 0 Å². The van der Waals surface area contributed by atoms with Gasteiger partial charge in [-0.3, -0.25) is 9.59 Å². The maximum atomic E-state index is 13.8. The zero-order chi connectivity index (χ0) is 24.0. The molecule has 1 amide bonds. The van der Waals surface area contributed by atoms with Crippen molar-refractivity contribution < 1.29 is 22.7 Å². The number of carbonyl (C=O) groups is 1. The fourth-order valence-corrected chi connectivity index (χ4v) is 5.30. The zero-order valence-corrected chi connectivity index (χ0v) is 19.3. The number of ether oxygens (including phenoxy) is 1. The SMILES string of the molecule is CC1COCCC1N[C@@H]1C=C[C@@](C(=O)N2CCn3c(cc(C(F)(F)F)cc3=O)C2)(C(C)C)C1. The molecular weight excluding hydrogens is 435 g/mol. The Labute approximate surface area is 191 Å². The van der Waals surface area contributed by atoms with E-state index in [0.29, 0.717) is 31.0 Å². The lowest BCUT2D eigenvalue weighted by Gasteiger charge is -2.40. The Morgan fingerprint density at radius 3 is 2.70 bits per heavy atom. The molecule has 33 heavy (non-hydrogen) atoms. The molecule has 2 unspecified atom stereocenters. The molecule has 0 spiro atoms. The van der Waals surface area contributed by atoms with E-state index in [9.17, 15) is 22.8 Å². The van der Waals surface area contributed by atoms with Crippen molar-refractivity contribution in [1.29, 1.82) is 0 Å². The standard InChI is InChI=1S/C24H32F3N3O3/c1-15(2)23(6-4-18(12-23)28-20-5-9-33-14-16(20)3)22(32)29-7-8-30-19(13-29)10-17(11-21(30)31)24(25,26)27/h4,6,10-11,15-16,18,20,28H,5,7-9,12-14H2,1-3H3/t16?,18-,20?,23+/m1/s1. The smallest absolute Gasteiger partial charge is 0.381 e. The molecule has 0 radical (unpaired) electrons. The number of carbonyl (C=O) groups excluding carboxylic acids is 1. The minimum atomic E-state index is -4.60. The van der Waals surface area contributed by atoms with Gasteiger partial charge in [0.25, 0.3) is 5.56 Å². The number of alkyl halides is 3. The van der Waals surface area contributed by atoms with Crippen LogP contribution in [0.5, 0.6) is 0 Å². The number of nitrogens with zero attached hydrogens (tertiary/aromatic N) is 2. The van der Waals surface area contributed by atoms with Crippen LogP contribution in [0.25, 0.3) is 0 Å². The molecule has 1 aromatic heterocycles. The normalized spacial score (nSPS) is 30.0. The van der Waals surface area contributed by atoms with Crippen molar-refractivity contribution in [2.24, 2.45) is 17.3 Å². The quantitative estimate of drug-likeness (QED) is 0.691. The lowest BCUT2D eigenvalue weighted by Crippen LogP contribution is -2.51. The molecule has 2 aliphatic heterocycles. The van der Waals surface area contributed by atoms with Crippen LogP contribution in [0.4, 0.5) is 13.2 Å². The second kappa shape index (κ2) is 8.91. The average molecular weight is 468 g/mol. The number of hydrogen-bond donors (Lipinski definition) is 1. The molecule has 1 N–H and O–H groups in total. The number of nitrogens with one attached hydrogen (secondary N) is 1. The molecule has 6 nitrogen and oxygen atoms in total. The van der Waals surface area contributed by atoms with E-state index in [1.54, 1.807) is 4.90 Å². The molecule has 9 heteroatoms. The number of aromatic nitrogens is 1. The maximum absolute atomic E-state index is 13.8. The Bertz CT molecular complexity index is 987. The van der Waals surface area contributed by atoms with Gasteiger partial charge in [0.1, 0.15) is 0 Å². The summed E-state index contributed by atoms with van der Waals surface area (Å²) in [5.74, 6) is 0.316. The van der Waals surface area contributed by atoms with Gasteiger partial charge >= 0.3 is 6.18 Å². The highest BCUT2D eigenvalue weighted by Gasteiger charge is 2.47. The maximum Gasteiger partial charge on any atom is 0.416 e. The minimum Gasteiger partial charge on any atom is -0.381 e. The molecule has 0 aromatic carbocycles. The second-order valence-electron chi connectivity index (χ2n) is 9.93. The third-order valence-corrected chi connectivity index (χ3v) is 7.46. The van der Waals surface area contributed by atoms with Gasteiger partial charge in [-0.2, -0.15) is 13.2 Å². The van der Waals surface area contributed by atoms with E-state index in [-0.39, 0.29) is 36.7 Å². The monoisotopic (exact) mass is 467 g/mol. The Balaban J connectivity index is 1.52. The molecule has 3 heterocycles. The number of rotatable bonds is 4. The van der Waals surface area contributed by atoms with Crippen molar-refractivity contribution in [1.82, 2.24) is 14.8 Å². The van der Waals surface area contributed by atoms with Crippen molar-refractivity contribution in [3.63, 3.8) is 0 Å². The lowest BCUT2D eigenvalue weighted by molar-refractivity contribution is -0.143. The van der Waals surface area contributed by atoms with E-state index in [2.05, 4.69) is 18.3 Å². The fraction of sp³-hybridized carbons (Fsp3) is 0.667. The van der Waals surface area contributed by atoms with Gasteiger partial charge in [0.15, 0.2) is 0 Å². The van der Waals surface area contributed by atoms with Crippen molar-refractivity contribution in [2.75, 3.05) is 19.8 Å². The van der Waals surface area contributed by atoms with E-state index in [1.807, 2.05) is 19.9 Å². The third kappa shape index (κ3) is 4.62. The molecular formula is C24H32F3N3O3. The second-order valence-corrected chi connectivity index (χ2v) is 9.93. The van der Waals surface area contributed by atoms with Crippen LogP contribution in [-0.2, 0) is 28.8 Å². The van der Waals surface area contributed by atoms with Gasteiger partial charge in [-0.05, 0) is 30.7 Å². The van der Waals surface area contributed by atoms with Crippen molar-refractivity contribution >= 4 is 5.91 Å². The van der Waals surface area contributed by atoms with Gasteiger partial charge in [0.2, 0.25) is 5.91 Å². The number of fused-ring (bicyclic) bond motifs is 1. The third-order valence-electron chi connectivity index (χ3n) is 7.46. The number of halogens is 3. The number of amides is 1. The van der Waals surface area contributed by atoms with Crippen LogP contribution in [0.1, 0.15) is 44.9 Å². The summed E-state index contributed by atoms with van der Waals surface area (Å²) in [4.78, 5) is 27.6. The van der Waals surface area contributed by atoms with E-state index < -0.39 is 22.7 Å². The van der Waals surface area contributed by atoms with Crippen LogP contribution in [0.2, 0.25) is 0 Å². The van der Waals surface area contributed by atoms with E-state index in [1.165, 1.54) is 4.57 Å². The van der Waals surface area contributed by atoms with Crippen LogP contribution in [-0.4, -0.2) is 47.2 Å². The molecule has 4 atom stereocenters. The summed E-state index contributed by atoms with van der Waals surface area (Å²) in [5, 5.41) is 3.67. The summed E-state index contributed by atoms with van der Waals surface area (Å²) >= 11 is 0. The first kappa shape index (κ1) is 24.0. The Kier molecular flexibility index (Phi) is 6.48. The molecule has 1 fully saturated rings. The van der Waals surface area contributed by atoms with Gasteiger partial charge in [-0.15, -0.1) is 0 Å². The highest BCUT2D eigenvalue weighted by Crippen LogP contribution is 2.42. The molecule has 1 saturated heterocycles. The molecule has 182 valence electrons. The molecule has 3 aliphatic rings. The first-order valence-electron chi connectivity index (χ1n) is 11.6. The van der Waals surface area contributed by atoms with Gasteiger partial charge < -0.3 is 19.5 Å². The van der Waals surface area contributed by atoms with Gasteiger partial charge in [0, 0.05) is 43.5 Å². The highest BCUT2D eigenvalue weighted by atomic mass is 19.4. The highest BCUT2D eigenvalue weighted by molar-refractivity contribution is 5.86. The van der Waals surface area contributed by atoms with Crippen molar-refractivity contribution in [3.8, 4) is 0 Å². The van der Waals surface area contributed by atoms with Crippen molar-refractivity contribution in [2.45, 2.75) is 65.0 Å². The minimum absolute atomic E-state index is 0.00457. The van der Waals surface area contributed by atoms with Crippen LogP contribution in [0, 0.1) is 17.3 Å². The van der Waals surface area contributed by atoms with E-state index in [0.717, 1.165) is 25.7 Å². The summed E-state index contributed by atoms with van der Waals surface area (Å²) < 4.78 is 46.5. The fourth-order valence-electron chi connectivity index (χ4n) is 5.30. The van der Waals surface area contributed by atoms with Crippen LogP contribution < -0.4 is 10.9 Å². The average Bonchev–Trinajstić information content (AvgIpc) is 3.19. The van der Waals surface area contributed by atoms with Gasteiger partial charge in [0.05, 0.1) is 24.1 Å². The first-order valence-corrected chi connectivity index (χ1v) is 11.6. The molecule has 0 bridgehead atoms. The predicted octanol–water partition coefficient (Wildman–Crippen LogP) is 3.19. The largest absolute Gasteiger partial charge is 0.416 e. The van der Waals surface area contributed by atoms with Gasteiger partial charge in [-0.1, -0.05) is 32.9 Å². The predicted molar refractivity (Wildman–Crippen MR) is 117 cm³/mol. The Hall–Kier alpha value is -2.13. The zero-order valence-electron chi connectivity index (χ0n) is 19.3. The summed E-state index contributed by atoms with van der Waals surface area (Å²) in [6, 6.07) is 1.99.